The Bertz CT molecular complexity index is 778. The fraction of sp³-hybridized carbons (Fsp3) is 0.438. The Balaban J connectivity index is 1.51. The van der Waals surface area contributed by atoms with Crippen LogP contribution in [0.4, 0.5) is 0 Å². The Morgan fingerprint density at radius 2 is 1.91 bits per heavy atom. The topological polar surface area (TPSA) is 46.3 Å². The number of aromatic nitrogens is 4. The third-order valence-corrected chi connectivity index (χ3v) is 5.11. The van der Waals surface area contributed by atoms with Crippen molar-refractivity contribution in [2.45, 2.75) is 24.4 Å². The Kier molecular flexibility index (Phi) is 3.95. The Hall–Kier alpha value is -1.66. The first-order valence-electron chi connectivity index (χ1n) is 7.86. The zero-order chi connectivity index (χ0) is 14.8. The molecule has 1 aliphatic rings. The van der Waals surface area contributed by atoms with Gasteiger partial charge >= 0.3 is 0 Å². The second-order valence-corrected chi connectivity index (χ2v) is 6.76. The summed E-state index contributed by atoms with van der Waals surface area (Å²) in [6.07, 6.45) is 5.95. The minimum Gasteiger partial charge on any atom is -0.303 e. The SMILES string of the molecule is c1ccc2c(c1)cnn1c(SCCN3CCCCC3)nnc21. The lowest BCUT2D eigenvalue weighted by molar-refractivity contribution is 0.242. The largest absolute Gasteiger partial charge is 0.303 e. The molecule has 0 N–H and O–H groups in total. The molecule has 4 rings (SSSR count). The average molecular weight is 313 g/mol. The van der Waals surface area contributed by atoms with E-state index in [0.29, 0.717) is 0 Å². The zero-order valence-electron chi connectivity index (χ0n) is 12.5. The highest BCUT2D eigenvalue weighted by atomic mass is 32.2. The second kappa shape index (κ2) is 6.22. The maximum absolute atomic E-state index is 4.49. The molecule has 0 spiro atoms. The van der Waals surface area contributed by atoms with Crippen LogP contribution in [-0.4, -0.2) is 50.1 Å². The van der Waals surface area contributed by atoms with Crippen LogP contribution in [0.2, 0.25) is 0 Å². The smallest absolute Gasteiger partial charge is 0.212 e. The van der Waals surface area contributed by atoms with Crippen molar-refractivity contribution in [1.82, 2.24) is 24.7 Å². The summed E-state index contributed by atoms with van der Waals surface area (Å²) >= 11 is 1.74. The third-order valence-electron chi connectivity index (χ3n) is 4.21. The number of likely N-dealkylation sites (tertiary alicyclic amines) is 1. The quantitative estimate of drug-likeness (QED) is 0.693. The van der Waals surface area contributed by atoms with Gasteiger partial charge in [-0.25, -0.2) is 0 Å². The van der Waals surface area contributed by atoms with Crippen LogP contribution >= 0.6 is 11.8 Å². The lowest BCUT2D eigenvalue weighted by atomic mass is 10.1. The fourth-order valence-corrected chi connectivity index (χ4v) is 3.90. The zero-order valence-corrected chi connectivity index (χ0v) is 13.3. The molecule has 2 aromatic heterocycles. The van der Waals surface area contributed by atoms with Gasteiger partial charge in [0.25, 0.3) is 0 Å². The molecule has 0 unspecified atom stereocenters. The Morgan fingerprint density at radius 3 is 2.82 bits per heavy atom. The predicted octanol–water partition coefficient (Wildman–Crippen LogP) is 2.86. The van der Waals surface area contributed by atoms with E-state index in [2.05, 4.69) is 32.3 Å². The van der Waals surface area contributed by atoms with Gasteiger partial charge in [0.15, 0.2) is 5.65 Å². The molecule has 1 aliphatic heterocycles. The molecule has 0 atom stereocenters. The van der Waals surface area contributed by atoms with Crippen LogP contribution in [0, 0.1) is 0 Å². The maximum Gasteiger partial charge on any atom is 0.212 e. The molecular formula is C16H19N5S. The number of nitrogens with zero attached hydrogens (tertiary/aromatic N) is 5. The number of rotatable bonds is 4. The molecule has 0 amide bonds. The lowest BCUT2D eigenvalue weighted by Crippen LogP contribution is -2.31. The minimum absolute atomic E-state index is 0.846. The summed E-state index contributed by atoms with van der Waals surface area (Å²) in [5, 5.41) is 16.2. The van der Waals surface area contributed by atoms with E-state index in [1.807, 2.05) is 22.8 Å². The molecular weight excluding hydrogens is 294 g/mol. The van der Waals surface area contributed by atoms with Crippen molar-refractivity contribution < 1.29 is 0 Å². The van der Waals surface area contributed by atoms with Gasteiger partial charge in [-0.1, -0.05) is 42.4 Å². The minimum atomic E-state index is 0.846. The Labute approximate surface area is 133 Å². The molecule has 0 radical (unpaired) electrons. The number of hydrogen-bond acceptors (Lipinski definition) is 5. The summed E-state index contributed by atoms with van der Waals surface area (Å²) in [5.41, 5.74) is 0.846. The molecule has 0 aliphatic carbocycles. The van der Waals surface area contributed by atoms with Crippen molar-refractivity contribution >= 4 is 28.2 Å². The molecule has 22 heavy (non-hydrogen) atoms. The molecule has 5 nitrogen and oxygen atoms in total. The number of hydrogen-bond donors (Lipinski definition) is 0. The summed E-state index contributed by atoms with van der Waals surface area (Å²) in [5.74, 6) is 1.04. The Morgan fingerprint density at radius 1 is 1.05 bits per heavy atom. The van der Waals surface area contributed by atoms with Crippen molar-refractivity contribution in [2.75, 3.05) is 25.4 Å². The summed E-state index contributed by atoms with van der Waals surface area (Å²) in [6, 6.07) is 8.18. The number of thioether (sulfide) groups is 1. The van der Waals surface area contributed by atoms with Crippen LogP contribution in [0.25, 0.3) is 16.4 Å². The standard InChI is InChI=1S/C16H19N5S/c1-4-8-20(9-5-1)10-11-22-16-19-18-15-14-7-3-2-6-13(14)12-17-21(15)16/h2-3,6-7,12H,1,4-5,8-11H2. The van der Waals surface area contributed by atoms with Crippen LogP contribution in [0.1, 0.15) is 19.3 Å². The van der Waals surface area contributed by atoms with E-state index >= 15 is 0 Å². The van der Waals surface area contributed by atoms with Gasteiger partial charge in [0.2, 0.25) is 5.16 Å². The first kappa shape index (κ1) is 14.0. The van der Waals surface area contributed by atoms with Crippen LogP contribution < -0.4 is 0 Å². The van der Waals surface area contributed by atoms with E-state index in [9.17, 15) is 0 Å². The van der Waals surface area contributed by atoms with Gasteiger partial charge in [-0.3, -0.25) is 0 Å². The number of benzene rings is 1. The predicted molar refractivity (Wildman–Crippen MR) is 89.3 cm³/mol. The van der Waals surface area contributed by atoms with Gasteiger partial charge in [-0.2, -0.15) is 9.61 Å². The molecule has 1 saturated heterocycles. The average Bonchev–Trinajstić information content (AvgIpc) is 2.99. The van der Waals surface area contributed by atoms with Gasteiger partial charge in [0, 0.05) is 23.1 Å². The highest BCUT2D eigenvalue weighted by Gasteiger charge is 2.12. The number of piperidine rings is 1. The van der Waals surface area contributed by atoms with E-state index in [1.54, 1.807) is 11.8 Å². The summed E-state index contributed by atoms with van der Waals surface area (Å²) < 4.78 is 1.86. The molecule has 1 aromatic carbocycles. The molecule has 6 heteroatoms. The third kappa shape index (κ3) is 2.68. The normalized spacial score (nSPS) is 16.5. The van der Waals surface area contributed by atoms with E-state index in [1.165, 1.54) is 32.4 Å². The van der Waals surface area contributed by atoms with Crippen molar-refractivity contribution in [2.24, 2.45) is 0 Å². The van der Waals surface area contributed by atoms with Crippen molar-refractivity contribution in [3.63, 3.8) is 0 Å². The van der Waals surface area contributed by atoms with E-state index < -0.39 is 0 Å². The van der Waals surface area contributed by atoms with Gasteiger partial charge in [0.1, 0.15) is 0 Å². The summed E-state index contributed by atoms with van der Waals surface area (Å²) in [7, 11) is 0. The fourth-order valence-electron chi connectivity index (χ4n) is 3.01. The highest BCUT2D eigenvalue weighted by molar-refractivity contribution is 7.99. The molecule has 114 valence electrons. The first-order chi connectivity index (χ1) is 10.9. The van der Waals surface area contributed by atoms with E-state index in [4.69, 9.17) is 0 Å². The first-order valence-corrected chi connectivity index (χ1v) is 8.85. The van der Waals surface area contributed by atoms with Crippen LogP contribution in [0.15, 0.2) is 35.6 Å². The molecule has 3 heterocycles. The van der Waals surface area contributed by atoms with Crippen LogP contribution in [0.3, 0.4) is 0 Å². The maximum atomic E-state index is 4.49. The van der Waals surface area contributed by atoms with Crippen LogP contribution in [-0.2, 0) is 0 Å². The molecule has 1 fully saturated rings. The van der Waals surface area contributed by atoms with Gasteiger partial charge < -0.3 is 4.90 Å². The highest BCUT2D eigenvalue weighted by Crippen LogP contribution is 2.22. The number of fused-ring (bicyclic) bond motifs is 3. The van der Waals surface area contributed by atoms with Gasteiger partial charge in [0.05, 0.1) is 6.20 Å². The monoisotopic (exact) mass is 313 g/mol. The van der Waals surface area contributed by atoms with Crippen molar-refractivity contribution in [3.8, 4) is 0 Å². The van der Waals surface area contributed by atoms with Gasteiger partial charge in [-0.15, -0.1) is 10.2 Å². The van der Waals surface area contributed by atoms with E-state index in [0.717, 1.165) is 33.9 Å². The van der Waals surface area contributed by atoms with Crippen molar-refractivity contribution in [3.05, 3.63) is 30.5 Å². The molecule has 0 saturated carbocycles. The van der Waals surface area contributed by atoms with Gasteiger partial charge in [-0.05, 0) is 25.9 Å². The van der Waals surface area contributed by atoms with E-state index in [-0.39, 0.29) is 0 Å². The van der Waals surface area contributed by atoms with Crippen molar-refractivity contribution in [1.29, 1.82) is 0 Å². The molecule has 3 aromatic rings. The summed E-state index contributed by atoms with van der Waals surface area (Å²) in [6.45, 7) is 3.60. The lowest BCUT2D eigenvalue weighted by Gasteiger charge is -2.25. The van der Waals surface area contributed by atoms with Crippen LogP contribution in [0.5, 0.6) is 0 Å². The summed E-state index contributed by atoms with van der Waals surface area (Å²) in [4.78, 5) is 2.54. The second-order valence-electron chi connectivity index (χ2n) is 5.70. The molecule has 0 bridgehead atoms.